The van der Waals surface area contributed by atoms with Gasteiger partial charge < -0.3 is 10.4 Å². The number of H-pyrrole nitrogens is 1. The van der Waals surface area contributed by atoms with E-state index in [2.05, 4.69) is 15.5 Å². The number of hydrogen-bond donors (Lipinski definition) is 3. The molecule has 1 aromatic heterocycles. The van der Waals surface area contributed by atoms with Crippen molar-refractivity contribution in [3.05, 3.63) is 17.0 Å². The van der Waals surface area contributed by atoms with E-state index in [-0.39, 0.29) is 0 Å². The summed E-state index contributed by atoms with van der Waals surface area (Å²) < 4.78 is 0. The van der Waals surface area contributed by atoms with Crippen LogP contribution in [-0.2, 0) is 4.79 Å². The third-order valence-corrected chi connectivity index (χ3v) is 2.32. The second-order valence-corrected chi connectivity index (χ2v) is 3.57. The maximum atomic E-state index is 11.1. The molecule has 0 bridgehead atoms. The molecule has 3 N–H and O–H groups in total. The monoisotopic (exact) mass is 211 g/mol. The molecule has 0 spiro atoms. The molecule has 1 atom stereocenters. The number of carboxylic acids is 1. The number of aromatic nitrogens is 2. The van der Waals surface area contributed by atoms with E-state index < -0.39 is 12.0 Å². The van der Waals surface area contributed by atoms with Gasteiger partial charge in [0.25, 0.3) is 0 Å². The summed E-state index contributed by atoms with van der Waals surface area (Å²) in [5.74, 6) is -0.865. The SMILES string of the molecule is CCCNC(C(=O)O)c1c(C)n[nH]c1C. The average Bonchev–Trinajstić information content (AvgIpc) is 2.49. The third kappa shape index (κ3) is 2.56. The van der Waals surface area contributed by atoms with Crippen LogP contribution >= 0.6 is 0 Å². The fraction of sp³-hybridized carbons (Fsp3) is 0.600. The van der Waals surface area contributed by atoms with Gasteiger partial charge in [0.1, 0.15) is 6.04 Å². The Morgan fingerprint density at radius 1 is 1.60 bits per heavy atom. The van der Waals surface area contributed by atoms with Crippen molar-refractivity contribution in [1.29, 1.82) is 0 Å². The fourth-order valence-electron chi connectivity index (χ4n) is 1.59. The Balaban J connectivity index is 2.93. The highest BCUT2D eigenvalue weighted by molar-refractivity contribution is 5.76. The van der Waals surface area contributed by atoms with E-state index in [0.29, 0.717) is 6.54 Å². The number of nitrogens with zero attached hydrogens (tertiary/aromatic N) is 1. The van der Waals surface area contributed by atoms with E-state index in [4.69, 9.17) is 5.11 Å². The van der Waals surface area contributed by atoms with Crippen molar-refractivity contribution < 1.29 is 9.90 Å². The Bertz CT molecular complexity index is 327. The number of rotatable bonds is 5. The second-order valence-electron chi connectivity index (χ2n) is 3.57. The molecule has 0 saturated carbocycles. The van der Waals surface area contributed by atoms with Crippen LogP contribution in [-0.4, -0.2) is 27.8 Å². The van der Waals surface area contributed by atoms with E-state index >= 15 is 0 Å². The number of aromatic amines is 1. The van der Waals surface area contributed by atoms with Crippen molar-refractivity contribution in [1.82, 2.24) is 15.5 Å². The molecule has 1 aromatic rings. The molecule has 1 rings (SSSR count). The van der Waals surface area contributed by atoms with Crippen molar-refractivity contribution in [2.75, 3.05) is 6.54 Å². The van der Waals surface area contributed by atoms with Gasteiger partial charge in [0.2, 0.25) is 0 Å². The first-order chi connectivity index (χ1) is 7.07. The zero-order chi connectivity index (χ0) is 11.4. The van der Waals surface area contributed by atoms with Crippen LogP contribution in [0.15, 0.2) is 0 Å². The van der Waals surface area contributed by atoms with E-state index in [1.165, 1.54) is 0 Å². The lowest BCUT2D eigenvalue weighted by Crippen LogP contribution is -2.29. The normalized spacial score (nSPS) is 12.7. The fourth-order valence-corrected chi connectivity index (χ4v) is 1.59. The van der Waals surface area contributed by atoms with Crippen LogP contribution < -0.4 is 5.32 Å². The zero-order valence-corrected chi connectivity index (χ0v) is 9.29. The lowest BCUT2D eigenvalue weighted by Gasteiger charge is -2.14. The summed E-state index contributed by atoms with van der Waals surface area (Å²) in [7, 11) is 0. The minimum atomic E-state index is -0.865. The summed E-state index contributed by atoms with van der Waals surface area (Å²) in [5.41, 5.74) is 2.29. The van der Waals surface area contributed by atoms with Gasteiger partial charge in [-0.3, -0.25) is 9.89 Å². The number of aliphatic carboxylic acids is 1. The first-order valence-corrected chi connectivity index (χ1v) is 5.05. The van der Waals surface area contributed by atoms with Crippen molar-refractivity contribution in [2.45, 2.75) is 33.2 Å². The van der Waals surface area contributed by atoms with Gasteiger partial charge in [-0.2, -0.15) is 5.10 Å². The lowest BCUT2D eigenvalue weighted by molar-refractivity contribution is -0.139. The average molecular weight is 211 g/mol. The summed E-state index contributed by atoms with van der Waals surface area (Å²) in [4.78, 5) is 11.1. The minimum absolute atomic E-state index is 0.663. The molecule has 0 fully saturated rings. The van der Waals surface area contributed by atoms with Gasteiger partial charge in [-0.1, -0.05) is 6.92 Å². The number of carbonyl (C=O) groups is 1. The molecule has 0 radical (unpaired) electrons. The molecule has 0 aliphatic heterocycles. The van der Waals surface area contributed by atoms with Gasteiger partial charge in [-0.05, 0) is 26.8 Å². The van der Waals surface area contributed by atoms with Crippen molar-refractivity contribution in [3.8, 4) is 0 Å². The van der Waals surface area contributed by atoms with Crippen molar-refractivity contribution >= 4 is 5.97 Å². The van der Waals surface area contributed by atoms with Crippen LogP contribution in [0.3, 0.4) is 0 Å². The summed E-state index contributed by atoms with van der Waals surface area (Å²) in [6.45, 7) is 6.32. The molecule has 15 heavy (non-hydrogen) atoms. The standard InChI is InChI=1S/C10H17N3O2/c1-4-5-11-9(10(14)15)8-6(2)12-13-7(8)3/h9,11H,4-5H2,1-3H3,(H,12,13)(H,14,15). The van der Waals surface area contributed by atoms with Gasteiger partial charge in [0.15, 0.2) is 0 Å². The highest BCUT2D eigenvalue weighted by Gasteiger charge is 2.24. The molecule has 0 saturated heterocycles. The summed E-state index contributed by atoms with van der Waals surface area (Å²) in [5, 5.41) is 18.9. The highest BCUT2D eigenvalue weighted by Crippen LogP contribution is 2.19. The minimum Gasteiger partial charge on any atom is -0.480 e. The maximum absolute atomic E-state index is 11.1. The summed E-state index contributed by atoms with van der Waals surface area (Å²) in [6, 6.07) is -0.663. The maximum Gasteiger partial charge on any atom is 0.325 e. The number of nitrogens with one attached hydrogen (secondary N) is 2. The molecule has 5 heteroatoms. The van der Waals surface area contributed by atoms with E-state index in [1.807, 2.05) is 20.8 Å². The van der Waals surface area contributed by atoms with E-state index in [9.17, 15) is 4.79 Å². The molecular formula is C10H17N3O2. The summed E-state index contributed by atoms with van der Waals surface area (Å²) in [6.07, 6.45) is 0.903. The molecule has 84 valence electrons. The molecule has 5 nitrogen and oxygen atoms in total. The van der Waals surface area contributed by atoms with Crippen molar-refractivity contribution in [2.24, 2.45) is 0 Å². The van der Waals surface area contributed by atoms with Crippen molar-refractivity contribution in [3.63, 3.8) is 0 Å². The highest BCUT2D eigenvalue weighted by atomic mass is 16.4. The number of aryl methyl sites for hydroxylation is 2. The van der Waals surface area contributed by atoms with Crippen LogP contribution in [0.25, 0.3) is 0 Å². The third-order valence-electron chi connectivity index (χ3n) is 2.32. The molecule has 0 aliphatic rings. The molecule has 1 heterocycles. The molecule has 0 aromatic carbocycles. The largest absolute Gasteiger partial charge is 0.480 e. The molecule has 0 amide bonds. The first-order valence-electron chi connectivity index (χ1n) is 5.05. The predicted octanol–water partition coefficient (Wildman–Crippen LogP) is 1.15. The summed E-state index contributed by atoms with van der Waals surface area (Å²) >= 11 is 0. The second kappa shape index (κ2) is 4.93. The van der Waals surface area contributed by atoms with Crippen LogP contribution in [0.4, 0.5) is 0 Å². The number of carboxylic acid groups (broad SMARTS) is 1. The molecule has 1 unspecified atom stereocenters. The van der Waals surface area contributed by atoms with Crippen LogP contribution in [0, 0.1) is 13.8 Å². The van der Waals surface area contributed by atoms with Crippen LogP contribution in [0.5, 0.6) is 0 Å². The van der Waals surface area contributed by atoms with Crippen LogP contribution in [0.2, 0.25) is 0 Å². The Morgan fingerprint density at radius 3 is 2.67 bits per heavy atom. The smallest absolute Gasteiger partial charge is 0.325 e. The van der Waals surface area contributed by atoms with Gasteiger partial charge in [0, 0.05) is 11.3 Å². The van der Waals surface area contributed by atoms with Gasteiger partial charge in [-0.15, -0.1) is 0 Å². The Morgan fingerprint density at radius 2 is 2.27 bits per heavy atom. The Hall–Kier alpha value is -1.36. The number of hydrogen-bond acceptors (Lipinski definition) is 3. The van der Waals surface area contributed by atoms with E-state index in [0.717, 1.165) is 23.4 Å². The van der Waals surface area contributed by atoms with Gasteiger partial charge in [0.05, 0.1) is 5.69 Å². The van der Waals surface area contributed by atoms with Crippen LogP contribution in [0.1, 0.15) is 36.3 Å². The Kier molecular flexibility index (Phi) is 3.85. The first kappa shape index (κ1) is 11.7. The van der Waals surface area contributed by atoms with Gasteiger partial charge >= 0.3 is 5.97 Å². The topological polar surface area (TPSA) is 78.0 Å². The molecule has 0 aliphatic carbocycles. The zero-order valence-electron chi connectivity index (χ0n) is 9.29. The van der Waals surface area contributed by atoms with Gasteiger partial charge in [-0.25, -0.2) is 0 Å². The quantitative estimate of drug-likeness (QED) is 0.682. The lowest BCUT2D eigenvalue weighted by atomic mass is 10.1. The molecular weight excluding hydrogens is 194 g/mol. The predicted molar refractivity (Wildman–Crippen MR) is 56.7 cm³/mol. The van der Waals surface area contributed by atoms with E-state index in [1.54, 1.807) is 0 Å². The Labute approximate surface area is 88.9 Å².